The number of carbonyl (C=O) groups excluding carboxylic acids is 2. The predicted octanol–water partition coefficient (Wildman–Crippen LogP) is 2.85. The Kier molecular flexibility index (Phi) is 4.54. The summed E-state index contributed by atoms with van der Waals surface area (Å²) in [5, 5.41) is 3.19. The first-order chi connectivity index (χ1) is 9.93. The molecule has 0 atom stereocenters. The van der Waals surface area contributed by atoms with E-state index in [9.17, 15) is 9.59 Å². The fourth-order valence-electron chi connectivity index (χ4n) is 1.68. The second-order valence-electron chi connectivity index (χ2n) is 4.16. The Balaban J connectivity index is 2.34. The minimum Gasteiger partial charge on any atom is -0.465 e. The molecule has 0 bridgehead atoms. The number of ether oxygens (including phenoxy) is 1. The lowest BCUT2D eigenvalue weighted by Gasteiger charge is -2.05. The highest BCUT2D eigenvalue weighted by atomic mass is 35.5. The molecule has 21 heavy (non-hydrogen) atoms. The molecule has 0 unspecified atom stereocenters. The third kappa shape index (κ3) is 3.20. The number of thiophene rings is 1. The van der Waals surface area contributed by atoms with Crippen LogP contribution in [0.5, 0.6) is 0 Å². The van der Waals surface area contributed by atoms with Crippen molar-refractivity contribution < 1.29 is 14.3 Å². The molecule has 2 aromatic rings. The second kappa shape index (κ2) is 6.19. The van der Waals surface area contributed by atoms with Crippen molar-refractivity contribution in [2.75, 3.05) is 12.4 Å². The number of halogens is 1. The van der Waals surface area contributed by atoms with Crippen LogP contribution in [0.1, 0.15) is 31.3 Å². The molecule has 0 saturated carbocycles. The number of esters is 1. The molecule has 0 aliphatic heterocycles. The zero-order valence-electron chi connectivity index (χ0n) is 11.6. The molecular formula is C13H12ClN3O3S. The van der Waals surface area contributed by atoms with Crippen LogP contribution in [0, 0.1) is 13.8 Å². The number of aryl methyl sites for hydroxylation is 1. The van der Waals surface area contributed by atoms with Crippen LogP contribution in [-0.4, -0.2) is 29.0 Å². The maximum Gasteiger partial charge on any atom is 0.341 e. The fourth-order valence-corrected chi connectivity index (χ4v) is 2.87. The number of aromatic nitrogens is 2. The summed E-state index contributed by atoms with van der Waals surface area (Å²) in [7, 11) is 1.29. The third-order valence-corrected chi connectivity index (χ3v) is 4.14. The summed E-state index contributed by atoms with van der Waals surface area (Å²) in [5.41, 5.74) is 1.20. The van der Waals surface area contributed by atoms with Crippen LogP contribution < -0.4 is 5.32 Å². The lowest BCUT2D eigenvalue weighted by molar-refractivity contribution is 0.0601. The van der Waals surface area contributed by atoms with Crippen LogP contribution in [0.15, 0.2) is 12.4 Å². The molecule has 6 nitrogen and oxygen atoms in total. The Morgan fingerprint density at radius 1 is 1.33 bits per heavy atom. The molecule has 0 aliphatic rings. The van der Waals surface area contributed by atoms with Gasteiger partial charge in [-0.1, -0.05) is 11.6 Å². The number of rotatable bonds is 3. The van der Waals surface area contributed by atoms with E-state index < -0.39 is 11.9 Å². The summed E-state index contributed by atoms with van der Waals surface area (Å²) in [6.07, 6.45) is 2.63. The van der Waals surface area contributed by atoms with Gasteiger partial charge in [0.05, 0.1) is 25.1 Å². The van der Waals surface area contributed by atoms with Crippen molar-refractivity contribution >= 4 is 39.8 Å². The molecule has 1 N–H and O–H groups in total. The number of methoxy groups -OCH3 is 1. The Bertz CT molecular complexity index is 715. The van der Waals surface area contributed by atoms with Crippen LogP contribution in [0.2, 0.25) is 5.15 Å². The van der Waals surface area contributed by atoms with Gasteiger partial charge in [0.2, 0.25) is 0 Å². The van der Waals surface area contributed by atoms with E-state index in [4.69, 9.17) is 16.3 Å². The number of anilines is 1. The second-order valence-corrected chi connectivity index (χ2v) is 5.77. The van der Waals surface area contributed by atoms with E-state index in [0.717, 1.165) is 10.4 Å². The maximum absolute atomic E-state index is 12.1. The Hall–Kier alpha value is -1.99. The molecule has 2 rings (SSSR count). The highest BCUT2D eigenvalue weighted by molar-refractivity contribution is 7.16. The summed E-state index contributed by atoms with van der Waals surface area (Å²) in [5.74, 6) is -0.985. The number of hydrogen-bond acceptors (Lipinski definition) is 6. The van der Waals surface area contributed by atoms with Crippen molar-refractivity contribution in [1.29, 1.82) is 0 Å². The minimum absolute atomic E-state index is 0.0713. The smallest absolute Gasteiger partial charge is 0.341 e. The van der Waals surface area contributed by atoms with Crippen molar-refractivity contribution in [3.63, 3.8) is 0 Å². The van der Waals surface area contributed by atoms with E-state index in [1.807, 2.05) is 6.92 Å². The fraction of sp³-hybridized carbons (Fsp3) is 0.231. The number of amides is 1. The predicted molar refractivity (Wildman–Crippen MR) is 80.1 cm³/mol. The molecule has 1 amide bonds. The SMILES string of the molecule is COC(=O)c1c(NC(=O)c2cncc(Cl)n2)sc(C)c1C. The van der Waals surface area contributed by atoms with E-state index in [1.54, 1.807) is 6.92 Å². The monoisotopic (exact) mass is 325 g/mol. The summed E-state index contributed by atoms with van der Waals surface area (Å²) >= 11 is 7.00. The number of carbonyl (C=O) groups is 2. The van der Waals surface area contributed by atoms with E-state index in [2.05, 4.69) is 15.3 Å². The first-order valence-electron chi connectivity index (χ1n) is 5.91. The number of hydrogen-bond donors (Lipinski definition) is 1. The van der Waals surface area contributed by atoms with Crippen LogP contribution in [-0.2, 0) is 4.74 Å². The molecule has 0 aliphatic carbocycles. The lowest BCUT2D eigenvalue weighted by Crippen LogP contribution is -2.16. The summed E-state index contributed by atoms with van der Waals surface area (Å²) < 4.78 is 4.74. The van der Waals surface area contributed by atoms with Gasteiger partial charge in [-0.15, -0.1) is 11.3 Å². The van der Waals surface area contributed by atoms with Gasteiger partial charge in [0.25, 0.3) is 5.91 Å². The lowest BCUT2D eigenvalue weighted by atomic mass is 10.1. The molecule has 110 valence electrons. The summed E-state index contributed by atoms with van der Waals surface area (Å²) in [6, 6.07) is 0. The number of nitrogens with one attached hydrogen (secondary N) is 1. The largest absolute Gasteiger partial charge is 0.465 e. The van der Waals surface area contributed by atoms with Crippen molar-refractivity contribution in [3.05, 3.63) is 39.2 Å². The molecule has 0 saturated heterocycles. The normalized spacial score (nSPS) is 10.3. The van der Waals surface area contributed by atoms with Gasteiger partial charge in [0.15, 0.2) is 0 Å². The zero-order valence-corrected chi connectivity index (χ0v) is 13.1. The Labute approximate surface area is 130 Å². The van der Waals surface area contributed by atoms with Crippen LogP contribution >= 0.6 is 22.9 Å². The van der Waals surface area contributed by atoms with E-state index in [1.165, 1.54) is 30.8 Å². The van der Waals surface area contributed by atoms with Gasteiger partial charge in [-0.2, -0.15) is 0 Å². The molecule has 2 heterocycles. The van der Waals surface area contributed by atoms with Crippen molar-refractivity contribution in [2.24, 2.45) is 0 Å². The highest BCUT2D eigenvalue weighted by Gasteiger charge is 2.22. The van der Waals surface area contributed by atoms with E-state index >= 15 is 0 Å². The van der Waals surface area contributed by atoms with Gasteiger partial charge in [0, 0.05) is 4.88 Å². The van der Waals surface area contributed by atoms with Crippen molar-refractivity contribution in [2.45, 2.75) is 13.8 Å². The first kappa shape index (κ1) is 15.4. The Morgan fingerprint density at radius 3 is 2.67 bits per heavy atom. The third-order valence-electron chi connectivity index (χ3n) is 2.84. The minimum atomic E-state index is -0.496. The van der Waals surface area contributed by atoms with Gasteiger partial charge >= 0.3 is 5.97 Å². The quantitative estimate of drug-likeness (QED) is 0.877. The standard InChI is InChI=1S/C13H12ClN3O3S/c1-6-7(2)21-12(10(6)13(19)20-3)17-11(18)8-4-15-5-9(14)16-8/h4-5H,1-3H3,(H,17,18). The van der Waals surface area contributed by atoms with Crippen molar-refractivity contribution in [1.82, 2.24) is 9.97 Å². The number of nitrogens with zero attached hydrogens (tertiary/aromatic N) is 2. The van der Waals surface area contributed by atoms with E-state index in [0.29, 0.717) is 10.6 Å². The summed E-state index contributed by atoms with van der Waals surface area (Å²) in [6.45, 7) is 3.66. The molecule has 0 spiro atoms. The molecule has 0 fully saturated rings. The first-order valence-corrected chi connectivity index (χ1v) is 7.10. The van der Waals surface area contributed by atoms with Gasteiger partial charge in [-0.25, -0.2) is 9.78 Å². The topological polar surface area (TPSA) is 81.2 Å². The van der Waals surface area contributed by atoms with E-state index in [-0.39, 0.29) is 10.8 Å². The van der Waals surface area contributed by atoms with Gasteiger partial charge in [0.1, 0.15) is 15.8 Å². The van der Waals surface area contributed by atoms with Crippen LogP contribution in [0.25, 0.3) is 0 Å². The van der Waals surface area contributed by atoms with Gasteiger partial charge < -0.3 is 10.1 Å². The average molecular weight is 326 g/mol. The molecule has 2 aromatic heterocycles. The van der Waals surface area contributed by atoms with Gasteiger partial charge in [-0.3, -0.25) is 9.78 Å². The maximum atomic E-state index is 12.1. The average Bonchev–Trinajstić information content (AvgIpc) is 2.73. The molecule has 0 aromatic carbocycles. The molecule has 0 radical (unpaired) electrons. The Morgan fingerprint density at radius 2 is 2.05 bits per heavy atom. The van der Waals surface area contributed by atoms with Crippen LogP contribution in [0.4, 0.5) is 5.00 Å². The van der Waals surface area contributed by atoms with Crippen molar-refractivity contribution in [3.8, 4) is 0 Å². The zero-order chi connectivity index (χ0) is 15.6. The molecular weight excluding hydrogens is 314 g/mol. The highest BCUT2D eigenvalue weighted by Crippen LogP contribution is 2.33. The van der Waals surface area contributed by atoms with Crippen LogP contribution in [0.3, 0.4) is 0 Å². The van der Waals surface area contributed by atoms with Gasteiger partial charge in [-0.05, 0) is 19.4 Å². The summed E-state index contributed by atoms with van der Waals surface area (Å²) in [4.78, 5) is 32.5. The molecule has 8 heteroatoms.